The van der Waals surface area contributed by atoms with Gasteiger partial charge in [0.05, 0.1) is 17.3 Å². The molecule has 1 aliphatic rings. The zero-order chi connectivity index (χ0) is 26.3. The van der Waals surface area contributed by atoms with Gasteiger partial charge in [0.2, 0.25) is 0 Å². The third-order valence-electron chi connectivity index (χ3n) is 6.56. The summed E-state index contributed by atoms with van der Waals surface area (Å²) in [4.78, 5) is 23.4. The molecule has 5 rings (SSSR count). The van der Waals surface area contributed by atoms with Crippen LogP contribution in [0, 0.1) is 12.8 Å². The van der Waals surface area contributed by atoms with Crippen molar-refractivity contribution >= 4 is 34.6 Å². The fraction of sp³-hybridized carbons (Fsp3) is 0.360. The molecule has 0 spiro atoms. The normalized spacial score (nSPS) is 18.4. The summed E-state index contributed by atoms with van der Waals surface area (Å²) in [5, 5.41) is 7.32. The number of likely N-dealkylation sites (tertiary alicyclic amines) is 1. The second-order valence-electron chi connectivity index (χ2n) is 9.23. The summed E-state index contributed by atoms with van der Waals surface area (Å²) in [5.74, 6) is -1.38. The minimum Gasteiger partial charge on any atom is -0.424 e. The number of halogens is 4. The highest BCUT2D eigenvalue weighted by atomic mass is 35.5. The average Bonchev–Trinajstić information content (AvgIpc) is 3.49. The number of fused-ring (bicyclic) bond motifs is 1. The van der Waals surface area contributed by atoms with Gasteiger partial charge in [-0.2, -0.15) is 18.2 Å². The lowest BCUT2D eigenvalue weighted by Gasteiger charge is -2.40. The van der Waals surface area contributed by atoms with Gasteiger partial charge in [0.15, 0.2) is 5.58 Å². The standard InChI is InChI=1S/C25H24ClF3N6O2/c1-14-5-7-19(35-13-31-23(33-35)25(27,28)29)17(10-14)22(36)34-9-3-4-15(2)20(34)12-30-24-32-18-11-16(26)6-8-21(18)37-24/h5-8,10-11,13,15,20H,3-4,9,12H2,1-2H3,(H,30,32)/t15-,20?/m1/s1. The predicted molar refractivity (Wildman–Crippen MR) is 132 cm³/mol. The Morgan fingerprint density at radius 2 is 2.05 bits per heavy atom. The number of amides is 1. The number of nitrogens with zero attached hydrogens (tertiary/aromatic N) is 5. The molecule has 4 aromatic rings. The first kappa shape index (κ1) is 25.1. The van der Waals surface area contributed by atoms with Crippen molar-refractivity contribution in [2.45, 2.75) is 38.9 Å². The number of aryl methyl sites for hydroxylation is 1. The van der Waals surface area contributed by atoms with Crippen molar-refractivity contribution in [1.29, 1.82) is 0 Å². The number of oxazole rings is 1. The van der Waals surface area contributed by atoms with E-state index in [0.29, 0.717) is 35.2 Å². The molecule has 1 unspecified atom stereocenters. The highest BCUT2D eigenvalue weighted by molar-refractivity contribution is 6.31. The quantitative estimate of drug-likeness (QED) is 0.352. The molecule has 1 N–H and O–H groups in total. The van der Waals surface area contributed by atoms with E-state index in [1.807, 2.05) is 6.92 Å². The summed E-state index contributed by atoms with van der Waals surface area (Å²) in [6, 6.07) is 10.3. The first-order valence-corrected chi connectivity index (χ1v) is 12.2. The fourth-order valence-corrected chi connectivity index (χ4v) is 4.83. The van der Waals surface area contributed by atoms with Crippen LogP contribution < -0.4 is 5.32 Å². The smallest absolute Gasteiger partial charge is 0.424 e. The molecule has 1 amide bonds. The number of carbonyl (C=O) groups excluding carboxylic acids is 1. The Hall–Kier alpha value is -3.60. The van der Waals surface area contributed by atoms with Crippen molar-refractivity contribution in [3.05, 3.63) is 64.7 Å². The van der Waals surface area contributed by atoms with Gasteiger partial charge in [0, 0.05) is 18.1 Å². The number of anilines is 1. The summed E-state index contributed by atoms with van der Waals surface area (Å²) in [6.07, 6.45) is -1.97. The van der Waals surface area contributed by atoms with E-state index in [1.165, 1.54) is 0 Å². The number of alkyl halides is 3. The van der Waals surface area contributed by atoms with Crippen molar-refractivity contribution in [2.24, 2.45) is 5.92 Å². The molecule has 1 saturated heterocycles. The van der Waals surface area contributed by atoms with Crippen molar-refractivity contribution in [3.8, 4) is 5.69 Å². The molecular formula is C25H24ClF3N6O2. The molecule has 0 aliphatic carbocycles. The summed E-state index contributed by atoms with van der Waals surface area (Å²) in [6.45, 7) is 4.79. The van der Waals surface area contributed by atoms with Gasteiger partial charge in [-0.25, -0.2) is 9.67 Å². The monoisotopic (exact) mass is 532 g/mol. The van der Waals surface area contributed by atoms with Gasteiger partial charge in [-0.15, -0.1) is 5.10 Å². The zero-order valence-electron chi connectivity index (χ0n) is 20.1. The van der Waals surface area contributed by atoms with Crippen molar-refractivity contribution in [2.75, 3.05) is 18.4 Å². The van der Waals surface area contributed by atoms with E-state index in [0.717, 1.165) is 29.4 Å². The molecule has 0 saturated carbocycles. The molecular weight excluding hydrogens is 509 g/mol. The number of rotatable bonds is 5. The molecule has 3 heterocycles. The van der Waals surface area contributed by atoms with Gasteiger partial charge in [-0.05, 0) is 56.0 Å². The number of hydrogen-bond donors (Lipinski definition) is 1. The molecule has 37 heavy (non-hydrogen) atoms. The van der Waals surface area contributed by atoms with Crippen LogP contribution in [0.2, 0.25) is 5.02 Å². The van der Waals surface area contributed by atoms with Gasteiger partial charge in [0.25, 0.3) is 17.7 Å². The first-order chi connectivity index (χ1) is 17.6. The number of aromatic nitrogens is 4. The topological polar surface area (TPSA) is 89.1 Å². The van der Waals surface area contributed by atoms with E-state index in [1.54, 1.807) is 41.3 Å². The van der Waals surface area contributed by atoms with E-state index in [9.17, 15) is 18.0 Å². The Labute approximate surface area is 215 Å². The van der Waals surface area contributed by atoms with E-state index in [4.69, 9.17) is 16.0 Å². The molecule has 2 aromatic carbocycles. The Morgan fingerprint density at radius 3 is 2.81 bits per heavy atom. The van der Waals surface area contributed by atoms with E-state index in [-0.39, 0.29) is 29.1 Å². The van der Waals surface area contributed by atoms with Gasteiger partial charge in [0.1, 0.15) is 11.8 Å². The Kier molecular flexibility index (Phi) is 6.57. The summed E-state index contributed by atoms with van der Waals surface area (Å²) in [5.41, 5.74) is 2.50. The number of hydrogen-bond acceptors (Lipinski definition) is 6. The number of benzene rings is 2. The van der Waals surface area contributed by atoms with Gasteiger partial charge in [-0.3, -0.25) is 4.79 Å². The average molecular weight is 533 g/mol. The summed E-state index contributed by atoms with van der Waals surface area (Å²) in [7, 11) is 0. The number of nitrogens with one attached hydrogen (secondary N) is 1. The van der Waals surface area contributed by atoms with Crippen LogP contribution in [0.4, 0.5) is 19.2 Å². The Morgan fingerprint density at radius 1 is 1.24 bits per heavy atom. The maximum absolute atomic E-state index is 13.9. The highest BCUT2D eigenvalue weighted by Gasteiger charge is 2.37. The second kappa shape index (κ2) is 9.70. The minimum absolute atomic E-state index is 0.167. The van der Waals surface area contributed by atoms with Gasteiger partial charge < -0.3 is 14.6 Å². The lowest BCUT2D eigenvalue weighted by molar-refractivity contribution is -0.144. The summed E-state index contributed by atoms with van der Waals surface area (Å²) < 4.78 is 46.1. The molecule has 0 bridgehead atoms. The fourth-order valence-electron chi connectivity index (χ4n) is 4.67. The van der Waals surface area contributed by atoms with E-state index >= 15 is 0 Å². The number of carbonyl (C=O) groups is 1. The Balaban J connectivity index is 1.42. The molecule has 2 atom stereocenters. The van der Waals surface area contributed by atoms with Crippen LogP contribution in [-0.2, 0) is 6.18 Å². The highest BCUT2D eigenvalue weighted by Crippen LogP contribution is 2.30. The molecule has 1 fully saturated rings. The SMILES string of the molecule is Cc1ccc(-n2cnc(C(F)(F)F)n2)c(C(=O)N2CCC[C@@H](C)C2CNc2nc3cc(Cl)ccc3o2)c1. The maximum Gasteiger partial charge on any atom is 0.453 e. The van der Waals surface area contributed by atoms with E-state index in [2.05, 4.69) is 27.3 Å². The van der Waals surface area contributed by atoms with Crippen LogP contribution >= 0.6 is 11.6 Å². The largest absolute Gasteiger partial charge is 0.453 e. The maximum atomic E-state index is 13.9. The van der Waals surface area contributed by atoms with Crippen LogP contribution in [0.25, 0.3) is 16.8 Å². The lowest BCUT2D eigenvalue weighted by atomic mass is 9.90. The second-order valence-corrected chi connectivity index (χ2v) is 9.66. The van der Waals surface area contributed by atoms with Gasteiger partial charge >= 0.3 is 6.18 Å². The molecule has 194 valence electrons. The third-order valence-corrected chi connectivity index (χ3v) is 6.80. The predicted octanol–water partition coefficient (Wildman–Crippen LogP) is 5.74. The zero-order valence-corrected chi connectivity index (χ0v) is 20.8. The van der Waals surface area contributed by atoms with Crippen LogP contribution in [0.3, 0.4) is 0 Å². The van der Waals surface area contributed by atoms with Crippen molar-refractivity contribution in [1.82, 2.24) is 24.6 Å². The minimum atomic E-state index is -4.69. The van der Waals surface area contributed by atoms with Crippen LogP contribution in [0.1, 0.15) is 41.5 Å². The first-order valence-electron chi connectivity index (χ1n) is 11.8. The van der Waals surface area contributed by atoms with Crippen molar-refractivity contribution < 1.29 is 22.4 Å². The molecule has 12 heteroatoms. The molecule has 2 aromatic heterocycles. The van der Waals surface area contributed by atoms with E-state index < -0.39 is 12.0 Å². The van der Waals surface area contributed by atoms with Crippen LogP contribution in [0.15, 0.2) is 47.1 Å². The molecule has 8 nitrogen and oxygen atoms in total. The third kappa shape index (κ3) is 5.13. The molecule has 1 aliphatic heterocycles. The Bertz CT molecular complexity index is 1450. The number of piperidine rings is 1. The van der Waals surface area contributed by atoms with Crippen molar-refractivity contribution in [3.63, 3.8) is 0 Å². The van der Waals surface area contributed by atoms with Crippen LogP contribution in [-0.4, -0.2) is 49.7 Å². The molecule has 0 radical (unpaired) electrons. The summed E-state index contributed by atoms with van der Waals surface area (Å²) >= 11 is 6.04. The van der Waals surface area contributed by atoms with Crippen LogP contribution in [0.5, 0.6) is 0 Å². The lowest BCUT2D eigenvalue weighted by Crippen LogP contribution is -2.51. The van der Waals surface area contributed by atoms with Gasteiger partial charge in [-0.1, -0.05) is 30.2 Å².